The van der Waals surface area contributed by atoms with E-state index in [4.69, 9.17) is 4.52 Å². The van der Waals surface area contributed by atoms with Crippen LogP contribution in [-0.4, -0.2) is 40.5 Å². The number of nitrogens with zero attached hydrogens (tertiary/aromatic N) is 4. The molecular formula is C18H18FN5O4S2. The summed E-state index contributed by atoms with van der Waals surface area (Å²) >= 11 is 1.03. The molecule has 0 aliphatic carbocycles. The Kier molecular flexibility index (Phi) is 5.38. The number of hydrogen-bond acceptors (Lipinski definition) is 8. The number of carbonyl (C=O) groups is 1. The Morgan fingerprint density at radius 1 is 1.27 bits per heavy atom. The summed E-state index contributed by atoms with van der Waals surface area (Å²) in [6.07, 6.45) is 1.22. The molecule has 3 heterocycles. The van der Waals surface area contributed by atoms with Crippen LogP contribution in [0.4, 0.5) is 10.1 Å². The van der Waals surface area contributed by atoms with Crippen molar-refractivity contribution in [1.82, 2.24) is 19.7 Å². The summed E-state index contributed by atoms with van der Waals surface area (Å²) in [5, 5.41) is 14.9. The largest absolute Gasteiger partial charge is 0.360 e. The molecule has 0 saturated carbocycles. The van der Waals surface area contributed by atoms with E-state index >= 15 is 0 Å². The zero-order valence-electron chi connectivity index (χ0n) is 16.1. The van der Waals surface area contributed by atoms with Crippen molar-refractivity contribution in [3.8, 4) is 0 Å². The summed E-state index contributed by atoms with van der Waals surface area (Å²) < 4.78 is 45.8. The molecule has 0 bridgehead atoms. The standard InChI is InChI=1S/C18H18FN5O4S2/c1-10-15(11(2)28-23-10)30(26,27)24-9-3-4-14(24)17-21-22-18(29-17)16(25)20-13-7-5-12(19)6-8-13/h5-8,14H,3-4,9H2,1-2H3,(H,20,25)/t14-/m0/s1. The van der Waals surface area contributed by atoms with Crippen LogP contribution in [0.2, 0.25) is 0 Å². The average Bonchev–Trinajstić information content (AvgIpc) is 3.43. The van der Waals surface area contributed by atoms with E-state index in [9.17, 15) is 17.6 Å². The Hall–Kier alpha value is -2.70. The van der Waals surface area contributed by atoms with Crippen LogP contribution in [-0.2, 0) is 10.0 Å². The summed E-state index contributed by atoms with van der Waals surface area (Å²) in [4.78, 5) is 12.5. The number of anilines is 1. The van der Waals surface area contributed by atoms with E-state index in [1.54, 1.807) is 13.8 Å². The van der Waals surface area contributed by atoms with Gasteiger partial charge in [0.05, 0.1) is 6.04 Å². The van der Waals surface area contributed by atoms with Gasteiger partial charge in [0.25, 0.3) is 5.91 Å². The number of benzene rings is 1. The number of rotatable bonds is 5. The second-order valence-corrected chi connectivity index (χ2v) is 9.67. The van der Waals surface area contributed by atoms with Crippen molar-refractivity contribution in [3.05, 3.63) is 51.6 Å². The van der Waals surface area contributed by atoms with Crippen molar-refractivity contribution >= 4 is 33.0 Å². The monoisotopic (exact) mass is 451 g/mol. The Morgan fingerprint density at radius 3 is 2.67 bits per heavy atom. The second-order valence-electron chi connectivity index (χ2n) is 6.83. The van der Waals surface area contributed by atoms with Gasteiger partial charge in [-0.2, -0.15) is 4.31 Å². The van der Waals surface area contributed by atoms with Gasteiger partial charge >= 0.3 is 0 Å². The van der Waals surface area contributed by atoms with Gasteiger partial charge in [0, 0.05) is 12.2 Å². The molecule has 158 valence electrons. The van der Waals surface area contributed by atoms with Gasteiger partial charge in [-0.15, -0.1) is 10.2 Å². The molecule has 4 rings (SSSR count). The number of halogens is 1. The highest BCUT2D eigenvalue weighted by Crippen LogP contribution is 2.39. The summed E-state index contributed by atoms with van der Waals surface area (Å²) in [5.41, 5.74) is 0.719. The van der Waals surface area contributed by atoms with Crippen molar-refractivity contribution in [1.29, 1.82) is 0 Å². The van der Waals surface area contributed by atoms with Crippen LogP contribution >= 0.6 is 11.3 Å². The Labute approximate surface area is 176 Å². The number of hydrogen-bond donors (Lipinski definition) is 1. The molecule has 1 amide bonds. The zero-order chi connectivity index (χ0) is 21.5. The van der Waals surface area contributed by atoms with E-state index in [1.807, 2.05) is 0 Å². The predicted molar refractivity (Wildman–Crippen MR) is 106 cm³/mol. The predicted octanol–water partition coefficient (Wildman–Crippen LogP) is 3.06. The van der Waals surface area contributed by atoms with Crippen LogP contribution in [0.25, 0.3) is 0 Å². The van der Waals surface area contributed by atoms with E-state index in [0.717, 1.165) is 11.3 Å². The third-order valence-electron chi connectivity index (χ3n) is 4.76. The number of aryl methyl sites for hydroxylation is 2. The lowest BCUT2D eigenvalue weighted by atomic mass is 10.2. The first-order valence-electron chi connectivity index (χ1n) is 9.12. The smallest absolute Gasteiger partial charge is 0.286 e. The minimum absolute atomic E-state index is 0.0631. The first-order chi connectivity index (χ1) is 14.3. The van der Waals surface area contributed by atoms with Crippen LogP contribution in [0.3, 0.4) is 0 Å². The molecule has 0 radical (unpaired) electrons. The number of amides is 1. The summed E-state index contributed by atoms with van der Waals surface area (Å²) in [6.45, 7) is 3.46. The lowest BCUT2D eigenvalue weighted by Gasteiger charge is -2.21. The lowest BCUT2D eigenvalue weighted by Crippen LogP contribution is -2.31. The molecule has 1 aromatic carbocycles. The fourth-order valence-electron chi connectivity index (χ4n) is 3.41. The minimum atomic E-state index is -3.84. The van der Waals surface area contributed by atoms with Crippen LogP contribution in [0.5, 0.6) is 0 Å². The molecule has 9 nitrogen and oxygen atoms in total. The van der Waals surface area contributed by atoms with Gasteiger partial charge in [0.15, 0.2) is 5.76 Å². The van der Waals surface area contributed by atoms with Crippen molar-refractivity contribution in [3.63, 3.8) is 0 Å². The van der Waals surface area contributed by atoms with Crippen LogP contribution < -0.4 is 5.32 Å². The van der Waals surface area contributed by atoms with Crippen LogP contribution in [0.15, 0.2) is 33.7 Å². The molecule has 1 aliphatic heterocycles. The third-order valence-corrected chi connectivity index (χ3v) is 7.94. The van der Waals surface area contributed by atoms with Crippen molar-refractivity contribution in [2.24, 2.45) is 0 Å². The number of nitrogens with one attached hydrogen (secondary N) is 1. The normalized spacial score (nSPS) is 17.4. The topological polar surface area (TPSA) is 118 Å². The number of sulfonamides is 1. The molecule has 30 heavy (non-hydrogen) atoms. The van der Waals surface area contributed by atoms with Gasteiger partial charge in [-0.3, -0.25) is 4.79 Å². The van der Waals surface area contributed by atoms with E-state index in [0.29, 0.717) is 35.8 Å². The van der Waals surface area contributed by atoms with E-state index in [1.165, 1.54) is 28.6 Å². The Bertz CT molecular complexity index is 1170. The molecule has 12 heteroatoms. The summed E-state index contributed by atoms with van der Waals surface area (Å²) in [5.74, 6) is -0.676. The summed E-state index contributed by atoms with van der Waals surface area (Å²) in [6, 6.07) is 4.82. The minimum Gasteiger partial charge on any atom is -0.360 e. The van der Waals surface area contributed by atoms with Gasteiger partial charge in [0.1, 0.15) is 21.4 Å². The maximum absolute atomic E-state index is 13.2. The van der Waals surface area contributed by atoms with E-state index < -0.39 is 27.8 Å². The molecule has 0 spiro atoms. The maximum atomic E-state index is 13.2. The van der Waals surface area contributed by atoms with Crippen molar-refractivity contribution in [2.75, 3.05) is 11.9 Å². The molecule has 2 aromatic heterocycles. The van der Waals surface area contributed by atoms with Crippen LogP contribution in [0.1, 0.15) is 45.1 Å². The summed E-state index contributed by atoms with van der Waals surface area (Å²) in [7, 11) is -3.84. The molecule has 1 aliphatic rings. The number of aromatic nitrogens is 3. The molecular weight excluding hydrogens is 433 g/mol. The highest BCUT2D eigenvalue weighted by atomic mass is 32.2. The first-order valence-corrected chi connectivity index (χ1v) is 11.4. The third kappa shape index (κ3) is 3.73. The molecule has 3 aromatic rings. The molecule has 0 unspecified atom stereocenters. The van der Waals surface area contributed by atoms with Crippen molar-refractivity contribution < 1.29 is 22.1 Å². The fourth-order valence-corrected chi connectivity index (χ4v) is 6.32. The fraction of sp³-hybridized carbons (Fsp3) is 0.333. The lowest BCUT2D eigenvalue weighted by molar-refractivity contribution is 0.102. The van der Waals surface area contributed by atoms with Gasteiger partial charge in [0.2, 0.25) is 15.0 Å². The SMILES string of the molecule is Cc1noc(C)c1S(=O)(=O)N1CCC[C@H]1c1nnc(C(=O)Nc2ccc(F)cc2)s1. The molecule has 1 saturated heterocycles. The first kappa shape index (κ1) is 20.6. The molecule has 1 atom stereocenters. The van der Waals surface area contributed by atoms with Gasteiger partial charge < -0.3 is 9.84 Å². The Balaban J connectivity index is 1.56. The number of carbonyl (C=O) groups excluding carboxylic acids is 1. The Morgan fingerprint density at radius 2 is 2.00 bits per heavy atom. The van der Waals surface area contributed by atoms with E-state index in [2.05, 4.69) is 20.7 Å². The highest BCUT2D eigenvalue weighted by molar-refractivity contribution is 7.89. The highest BCUT2D eigenvalue weighted by Gasteiger charge is 2.41. The van der Waals surface area contributed by atoms with Crippen molar-refractivity contribution in [2.45, 2.75) is 37.6 Å². The second kappa shape index (κ2) is 7.85. The van der Waals surface area contributed by atoms with Gasteiger partial charge in [-0.1, -0.05) is 16.5 Å². The zero-order valence-corrected chi connectivity index (χ0v) is 17.8. The molecule has 1 N–H and O–H groups in total. The van der Waals surface area contributed by atoms with Gasteiger partial charge in [-0.25, -0.2) is 12.8 Å². The molecule has 1 fully saturated rings. The average molecular weight is 452 g/mol. The van der Waals surface area contributed by atoms with E-state index in [-0.39, 0.29) is 15.7 Å². The van der Waals surface area contributed by atoms with Gasteiger partial charge in [-0.05, 0) is 51.0 Å². The maximum Gasteiger partial charge on any atom is 0.286 e. The quantitative estimate of drug-likeness (QED) is 0.633. The van der Waals surface area contributed by atoms with Crippen LogP contribution in [0, 0.1) is 19.7 Å².